The number of carboxylic acid groups (broad SMARTS) is 3. The van der Waals surface area contributed by atoms with Crippen LogP contribution in [0.1, 0.15) is 12.8 Å². The van der Waals surface area contributed by atoms with Gasteiger partial charge in [0.15, 0.2) is 0 Å². The SMILES string of the molecule is N[C@@H](CCC(=O)N[C@@H](CS)C(=O)NCC(=O)O)C(=O)O.N[C@H](CS)C(=O)O. The number of hydrogen-bond donors (Lipinski definition) is 9. The van der Waals surface area contributed by atoms with Crippen LogP contribution in [0.5, 0.6) is 0 Å². The molecule has 0 saturated heterocycles. The third-order valence-electron chi connectivity index (χ3n) is 2.76. The van der Waals surface area contributed by atoms with Crippen molar-refractivity contribution in [3.05, 3.63) is 0 Å². The van der Waals surface area contributed by atoms with Gasteiger partial charge in [0.05, 0.1) is 0 Å². The van der Waals surface area contributed by atoms with Crippen molar-refractivity contribution in [2.45, 2.75) is 31.0 Å². The number of thiol groups is 2. The van der Waals surface area contributed by atoms with Crippen LogP contribution >= 0.6 is 25.3 Å². The molecule has 0 rings (SSSR count). The first-order valence-corrected chi connectivity index (χ1v) is 8.70. The van der Waals surface area contributed by atoms with E-state index in [1.54, 1.807) is 0 Å². The molecular formula is C13H24N4O8S2. The van der Waals surface area contributed by atoms with Crippen LogP contribution in [0.2, 0.25) is 0 Å². The summed E-state index contributed by atoms with van der Waals surface area (Å²) in [5, 5.41) is 29.4. The fourth-order valence-electron chi connectivity index (χ4n) is 1.23. The molecule has 0 aromatic heterocycles. The lowest BCUT2D eigenvalue weighted by Crippen LogP contribution is -2.49. The maximum Gasteiger partial charge on any atom is 0.322 e. The Bertz CT molecular complexity index is 534. The van der Waals surface area contributed by atoms with Crippen molar-refractivity contribution in [2.75, 3.05) is 18.1 Å². The van der Waals surface area contributed by atoms with Crippen molar-refractivity contribution < 1.29 is 39.3 Å². The van der Waals surface area contributed by atoms with Crippen molar-refractivity contribution in [3.63, 3.8) is 0 Å². The summed E-state index contributed by atoms with van der Waals surface area (Å²) in [6.45, 7) is -0.567. The number of rotatable bonds is 11. The molecule has 2 amide bonds. The molecule has 0 aromatic rings. The van der Waals surface area contributed by atoms with Gasteiger partial charge in [-0.05, 0) is 6.42 Å². The van der Waals surface area contributed by atoms with E-state index in [-0.39, 0.29) is 24.3 Å². The predicted molar refractivity (Wildman–Crippen MR) is 101 cm³/mol. The monoisotopic (exact) mass is 428 g/mol. The molecule has 156 valence electrons. The van der Waals surface area contributed by atoms with Gasteiger partial charge in [-0.2, -0.15) is 25.3 Å². The third-order valence-corrected chi connectivity index (χ3v) is 3.52. The minimum absolute atomic E-state index is 0.0256. The summed E-state index contributed by atoms with van der Waals surface area (Å²) in [4.78, 5) is 53.5. The van der Waals surface area contributed by atoms with E-state index in [0.29, 0.717) is 0 Å². The molecule has 0 saturated carbocycles. The first-order valence-electron chi connectivity index (χ1n) is 7.43. The molecular weight excluding hydrogens is 404 g/mol. The smallest absolute Gasteiger partial charge is 0.322 e. The van der Waals surface area contributed by atoms with E-state index >= 15 is 0 Å². The van der Waals surface area contributed by atoms with Crippen LogP contribution in [0.25, 0.3) is 0 Å². The minimum atomic E-state index is -1.22. The molecule has 0 spiro atoms. The zero-order chi connectivity index (χ0) is 21.6. The molecule has 0 aliphatic rings. The molecule has 0 fully saturated rings. The van der Waals surface area contributed by atoms with E-state index in [1.807, 2.05) is 0 Å². The largest absolute Gasteiger partial charge is 0.480 e. The second kappa shape index (κ2) is 15.1. The fraction of sp³-hybridized carbons (Fsp3) is 0.615. The highest BCUT2D eigenvalue weighted by atomic mass is 32.1. The topological polar surface area (TPSA) is 222 Å². The number of carboxylic acids is 3. The molecule has 3 atom stereocenters. The Hall–Kier alpha value is -2.03. The summed E-state index contributed by atoms with van der Waals surface area (Å²) in [7, 11) is 0. The van der Waals surface area contributed by atoms with E-state index < -0.39 is 54.4 Å². The number of hydrogen-bond acceptors (Lipinski definition) is 9. The van der Waals surface area contributed by atoms with E-state index in [2.05, 4.69) is 35.9 Å². The third kappa shape index (κ3) is 14.8. The summed E-state index contributed by atoms with van der Waals surface area (Å²) in [5.41, 5.74) is 10.2. The first kappa shape index (κ1) is 27.2. The fourth-order valence-corrected chi connectivity index (χ4v) is 1.65. The van der Waals surface area contributed by atoms with E-state index in [1.165, 1.54) is 0 Å². The van der Waals surface area contributed by atoms with Crippen molar-refractivity contribution in [2.24, 2.45) is 11.5 Å². The van der Waals surface area contributed by atoms with Crippen molar-refractivity contribution in [1.82, 2.24) is 10.6 Å². The van der Waals surface area contributed by atoms with Gasteiger partial charge in [0, 0.05) is 17.9 Å². The molecule has 0 heterocycles. The number of nitrogens with two attached hydrogens (primary N) is 2. The van der Waals surface area contributed by atoms with Gasteiger partial charge in [-0.3, -0.25) is 24.0 Å². The second-order valence-corrected chi connectivity index (χ2v) is 5.76. The van der Waals surface area contributed by atoms with Gasteiger partial charge < -0.3 is 37.4 Å². The van der Waals surface area contributed by atoms with Crippen LogP contribution in [-0.2, 0) is 24.0 Å². The molecule has 0 radical (unpaired) electrons. The maximum atomic E-state index is 11.5. The molecule has 0 aliphatic carbocycles. The molecule has 0 unspecified atom stereocenters. The zero-order valence-corrected chi connectivity index (χ0v) is 16.0. The van der Waals surface area contributed by atoms with Gasteiger partial charge in [-0.25, -0.2) is 0 Å². The van der Waals surface area contributed by atoms with Gasteiger partial charge >= 0.3 is 17.9 Å². The number of amides is 2. The molecule has 0 bridgehead atoms. The quantitative estimate of drug-likeness (QED) is 0.153. The van der Waals surface area contributed by atoms with E-state index in [4.69, 9.17) is 26.8 Å². The lowest BCUT2D eigenvalue weighted by molar-refractivity contribution is -0.139. The van der Waals surface area contributed by atoms with Crippen LogP contribution in [0.4, 0.5) is 0 Å². The highest BCUT2D eigenvalue weighted by Crippen LogP contribution is 1.97. The van der Waals surface area contributed by atoms with Gasteiger partial charge in [-0.1, -0.05) is 0 Å². The number of aliphatic carboxylic acids is 3. The highest BCUT2D eigenvalue weighted by Gasteiger charge is 2.20. The Morgan fingerprint density at radius 3 is 1.74 bits per heavy atom. The lowest BCUT2D eigenvalue weighted by atomic mass is 10.1. The van der Waals surface area contributed by atoms with Gasteiger partial charge in [0.2, 0.25) is 11.8 Å². The average Bonchev–Trinajstić information content (AvgIpc) is 2.61. The van der Waals surface area contributed by atoms with Crippen molar-refractivity contribution in [1.29, 1.82) is 0 Å². The number of carbonyl (C=O) groups is 5. The van der Waals surface area contributed by atoms with Crippen LogP contribution in [-0.4, -0.2) is 81.2 Å². The van der Waals surface area contributed by atoms with Crippen molar-refractivity contribution in [3.8, 4) is 0 Å². The van der Waals surface area contributed by atoms with E-state index in [9.17, 15) is 24.0 Å². The zero-order valence-electron chi connectivity index (χ0n) is 14.2. The Balaban J connectivity index is 0. The standard InChI is InChI=1S/C10H17N3O6S.C3H7NO2S/c11-5(10(18)19)1-2-7(14)13-6(4-20)9(17)12-3-8(15)16;4-2(1-7)3(5)6/h5-6,20H,1-4,11H2,(H,12,17)(H,13,14)(H,15,16)(H,18,19);2,7H,1,4H2,(H,5,6)/t5-,6-;2-/m01/s1. The number of nitrogens with one attached hydrogen (secondary N) is 2. The molecule has 9 N–H and O–H groups in total. The van der Waals surface area contributed by atoms with Gasteiger partial charge in [-0.15, -0.1) is 0 Å². The normalized spacial score (nSPS) is 13.2. The molecule has 14 heteroatoms. The van der Waals surface area contributed by atoms with Crippen LogP contribution < -0.4 is 22.1 Å². The number of carbonyl (C=O) groups excluding carboxylic acids is 2. The second-order valence-electron chi connectivity index (χ2n) is 5.02. The minimum Gasteiger partial charge on any atom is -0.480 e. The summed E-state index contributed by atoms with van der Waals surface area (Å²) in [5.74, 6) is -4.52. The molecule has 0 aliphatic heterocycles. The van der Waals surface area contributed by atoms with Gasteiger partial charge in [0.1, 0.15) is 24.7 Å². The summed E-state index contributed by atoms with van der Waals surface area (Å²) in [6.07, 6.45) is -0.235. The lowest BCUT2D eigenvalue weighted by Gasteiger charge is -2.16. The molecule has 27 heavy (non-hydrogen) atoms. The van der Waals surface area contributed by atoms with Crippen LogP contribution in [0.3, 0.4) is 0 Å². The molecule has 12 nitrogen and oxygen atoms in total. The average molecular weight is 428 g/mol. The Morgan fingerprint density at radius 2 is 1.41 bits per heavy atom. The summed E-state index contributed by atoms with van der Waals surface area (Å²) in [6, 6.07) is -2.97. The first-order chi connectivity index (χ1) is 12.5. The van der Waals surface area contributed by atoms with Crippen LogP contribution in [0, 0.1) is 0 Å². The Kier molecular flexibility index (Phi) is 15.2. The highest BCUT2D eigenvalue weighted by molar-refractivity contribution is 7.80. The summed E-state index contributed by atoms with van der Waals surface area (Å²) < 4.78 is 0. The Morgan fingerprint density at radius 1 is 0.889 bits per heavy atom. The summed E-state index contributed by atoms with van der Waals surface area (Å²) >= 11 is 7.52. The van der Waals surface area contributed by atoms with Gasteiger partial charge in [0.25, 0.3) is 0 Å². The Labute approximate surface area is 165 Å². The maximum absolute atomic E-state index is 11.5. The predicted octanol–water partition coefficient (Wildman–Crippen LogP) is -2.88. The van der Waals surface area contributed by atoms with Crippen molar-refractivity contribution >= 4 is 55.0 Å². The molecule has 0 aromatic carbocycles. The van der Waals surface area contributed by atoms with Crippen LogP contribution in [0.15, 0.2) is 0 Å². The van der Waals surface area contributed by atoms with E-state index in [0.717, 1.165) is 0 Å².